The molecule has 1 aromatic heterocycles. The fourth-order valence-corrected chi connectivity index (χ4v) is 3.76. The number of H-pyrrole nitrogens is 1. The van der Waals surface area contributed by atoms with Crippen molar-refractivity contribution >= 4 is 41.4 Å². The highest BCUT2D eigenvalue weighted by atomic mass is 32.1. The van der Waals surface area contributed by atoms with Gasteiger partial charge in [0.05, 0.1) is 29.9 Å². The van der Waals surface area contributed by atoms with Gasteiger partial charge in [0, 0.05) is 18.2 Å². The van der Waals surface area contributed by atoms with Gasteiger partial charge in [-0.3, -0.25) is 24.8 Å². The van der Waals surface area contributed by atoms with Crippen LogP contribution in [0.1, 0.15) is 30.6 Å². The van der Waals surface area contributed by atoms with E-state index in [2.05, 4.69) is 26.3 Å². The largest absolute Gasteiger partial charge is 0.466 e. The second kappa shape index (κ2) is 9.43. The van der Waals surface area contributed by atoms with E-state index < -0.39 is 5.41 Å². The molecule has 0 radical (unpaired) electrons. The standard InChI is InChI=1S/C22H23N7O4S/c1-14(30)33-11-10-22(2)13-28(25-20(22)32)17-8-6-15(7-9-17)19(31)23-16-4-3-5-18(12-16)29-21(34)24-26-27-29/h3-9,12H,10-11,13H2,1-2H3,(H,23,31)(H,25,32)(H,24,27,34). The second-order valence-electron chi connectivity index (χ2n) is 8.15. The molecule has 2 amide bonds. The highest BCUT2D eigenvalue weighted by Crippen LogP contribution is 2.31. The molecule has 1 atom stereocenters. The summed E-state index contributed by atoms with van der Waals surface area (Å²) in [6, 6.07) is 14.0. The lowest BCUT2D eigenvalue weighted by Gasteiger charge is -2.21. The molecule has 0 saturated carbocycles. The van der Waals surface area contributed by atoms with Crippen molar-refractivity contribution < 1.29 is 19.1 Å². The van der Waals surface area contributed by atoms with Gasteiger partial charge in [-0.25, -0.2) is 4.68 Å². The molecule has 176 valence electrons. The van der Waals surface area contributed by atoms with Gasteiger partial charge in [0.1, 0.15) is 0 Å². The van der Waals surface area contributed by atoms with Gasteiger partial charge in [-0.1, -0.05) is 16.4 Å². The van der Waals surface area contributed by atoms with Crippen molar-refractivity contribution in [3.63, 3.8) is 0 Å². The van der Waals surface area contributed by atoms with Gasteiger partial charge < -0.3 is 10.1 Å². The molecule has 1 aliphatic heterocycles. The van der Waals surface area contributed by atoms with E-state index in [9.17, 15) is 14.4 Å². The number of aromatic nitrogens is 4. The van der Waals surface area contributed by atoms with Gasteiger partial charge in [-0.2, -0.15) is 5.21 Å². The zero-order chi connectivity index (χ0) is 24.3. The number of hydrogen-bond acceptors (Lipinski definition) is 8. The molecular weight excluding hydrogens is 458 g/mol. The SMILES string of the molecule is CC(=O)OCCC1(C)CN(c2ccc(C(=O)Nc3cccc(-n4[nH]nnc4=S)c3)cc2)NC1=O. The Bertz CT molecular complexity index is 1290. The highest BCUT2D eigenvalue weighted by molar-refractivity contribution is 7.71. The summed E-state index contributed by atoms with van der Waals surface area (Å²) in [5.41, 5.74) is 4.61. The third-order valence-electron chi connectivity index (χ3n) is 5.53. The second-order valence-corrected chi connectivity index (χ2v) is 8.51. The van der Waals surface area contributed by atoms with E-state index in [4.69, 9.17) is 17.0 Å². The molecule has 3 N–H and O–H groups in total. The van der Waals surface area contributed by atoms with Crippen molar-refractivity contribution in [3.05, 3.63) is 58.9 Å². The number of aromatic amines is 1. The summed E-state index contributed by atoms with van der Waals surface area (Å²) < 4.78 is 6.78. The lowest BCUT2D eigenvalue weighted by molar-refractivity contribution is -0.142. The summed E-state index contributed by atoms with van der Waals surface area (Å²) in [5, 5.41) is 14.7. The zero-order valence-electron chi connectivity index (χ0n) is 18.6. The number of tetrazole rings is 1. The van der Waals surface area contributed by atoms with E-state index in [1.165, 1.54) is 11.6 Å². The predicted octanol–water partition coefficient (Wildman–Crippen LogP) is 2.39. The van der Waals surface area contributed by atoms with E-state index in [-0.39, 0.29) is 29.2 Å². The van der Waals surface area contributed by atoms with Gasteiger partial charge in [0.15, 0.2) is 0 Å². The number of carbonyl (C=O) groups excluding carboxylic acids is 3. The minimum atomic E-state index is -0.691. The highest BCUT2D eigenvalue weighted by Gasteiger charge is 2.42. The van der Waals surface area contributed by atoms with Crippen LogP contribution in [-0.2, 0) is 14.3 Å². The minimum Gasteiger partial charge on any atom is -0.466 e. The number of ether oxygens (including phenoxy) is 1. The molecule has 0 aliphatic carbocycles. The van der Waals surface area contributed by atoms with Crippen LogP contribution in [0.4, 0.5) is 11.4 Å². The van der Waals surface area contributed by atoms with Crippen LogP contribution in [-0.4, -0.2) is 51.1 Å². The van der Waals surface area contributed by atoms with Crippen LogP contribution in [0.2, 0.25) is 0 Å². The molecule has 0 bridgehead atoms. The normalized spacial score (nSPS) is 17.4. The third kappa shape index (κ3) is 4.96. The summed E-state index contributed by atoms with van der Waals surface area (Å²) in [4.78, 5) is 36.2. The zero-order valence-corrected chi connectivity index (χ0v) is 19.4. The van der Waals surface area contributed by atoms with E-state index in [0.717, 1.165) is 5.69 Å². The lowest BCUT2D eigenvalue weighted by atomic mass is 9.87. The predicted molar refractivity (Wildman–Crippen MR) is 126 cm³/mol. The van der Waals surface area contributed by atoms with Crippen molar-refractivity contribution in [3.8, 4) is 5.69 Å². The van der Waals surface area contributed by atoms with Gasteiger partial charge in [-0.15, -0.1) is 0 Å². The molecule has 1 aliphatic rings. The molecule has 12 heteroatoms. The Balaban J connectivity index is 1.41. The van der Waals surface area contributed by atoms with Crippen LogP contribution >= 0.6 is 12.2 Å². The quantitative estimate of drug-likeness (QED) is 0.346. The monoisotopic (exact) mass is 481 g/mol. The molecule has 2 aromatic carbocycles. The molecule has 11 nitrogen and oxygen atoms in total. The van der Waals surface area contributed by atoms with E-state index >= 15 is 0 Å². The number of hydrogen-bond donors (Lipinski definition) is 3. The molecule has 1 fully saturated rings. The third-order valence-corrected chi connectivity index (χ3v) is 5.79. The first kappa shape index (κ1) is 23.1. The van der Waals surface area contributed by atoms with Crippen LogP contribution in [0.15, 0.2) is 48.5 Å². The maximum absolute atomic E-state index is 12.7. The maximum Gasteiger partial charge on any atom is 0.302 e. The van der Waals surface area contributed by atoms with E-state index in [0.29, 0.717) is 29.9 Å². The van der Waals surface area contributed by atoms with Crippen LogP contribution in [0, 0.1) is 10.2 Å². The molecule has 0 spiro atoms. The lowest BCUT2D eigenvalue weighted by Crippen LogP contribution is -2.33. The summed E-state index contributed by atoms with van der Waals surface area (Å²) in [6.07, 6.45) is 0.411. The minimum absolute atomic E-state index is 0.145. The van der Waals surface area contributed by atoms with Crippen molar-refractivity contribution in [2.75, 3.05) is 23.5 Å². The average molecular weight is 482 g/mol. The Labute approximate surface area is 200 Å². The Morgan fingerprint density at radius 2 is 1.97 bits per heavy atom. The summed E-state index contributed by atoms with van der Waals surface area (Å²) in [5.74, 6) is -0.803. The van der Waals surface area contributed by atoms with Crippen LogP contribution in [0.3, 0.4) is 0 Å². The van der Waals surface area contributed by atoms with Crippen molar-refractivity contribution in [1.29, 1.82) is 0 Å². The van der Waals surface area contributed by atoms with Gasteiger partial charge in [0.2, 0.25) is 10.7 Å². The number of benzene rings is 2. The molecule has 2 heterocycles. The Kier molecular flexibility index (Phi) is 6.41. The van der Waals surface area contributed by atoms with Gasteiger partial charge in [-0.05, 0) is 68.0 Å². The fourth-order valence-electron chi connectivity index (χ4n) is 3.57. The Morgan fingerprint density at radius 1 is 1.21 bits per heavy atom. The number of esters is 1. The molecule has 4 rings (SSSR count). The first-order valence-corrected chi connectivity index (χ1v) is 10.9. The number of nitrogens with one attached hydrogen (secondary N) is 3. The van der Waals surface area contributed by atoms with Crippen molar-refractivity contribution in [2.45, 2.75) is 20.3 Å². The van der Waals surface area contributed by atoms with Crippen LogP contribution < -0.4 is 15.8 Å². The smallest absolute Gasteiger partial charge is 0.302 e. The maximum atomic E-state index is 12.7. The van der Waals surface area contributed by atoms with Gasteiger partial charge in [0.25, 0.3) is 5.91 Å². The fraction of sp³-hybridized carbons (Fsp3) is 0.273. The summed E-state index contributed by atoms with van der Waals surface area (Å²) in [6.45, 7) is 3.76. The average Bonchev–Trinajstić information content (AvgIpc) is 3.36. The number of carbonyl (C=O) groups is 3. The molecular formula is C22H23N7O4S. The van der Waals surface area contributed by atoms with Crippen molar-refractivity contribution in [2.24, 2.45) is 5.41 Å². The number of anilines is 2. The van der Waals surface area contributed by atoms with Gasteiger partial charge >= 0.3 is 5.97 Å². The molecule has 1 unspecified atom stereocenters. The molecule has 3 aromatic rings. The molecule has 34 heavy (non-hydrogen) atoms. The summed E-state index contributed by atoms with van der Waals surface area (Å²) >= 11 is 5.11. The first-order chi connectivity index (χ1) is 16.2. The van der Waals surface area contributed by atoms with Crippen LogP contribution in [0.25, 0.3) is 5.69 Å². The van der Waals surface area contributed by atoms with Crippen LogP contribution in [0.5, 0.6) is 0 Å². The van der Waals surface area contributed by atoms with E-state index in [1.807, 2.05) is 13.0 Å². The first-order valence-electron chi connectivity index (χ1n) is 10.5. The Hall–Kier alpha value is -4.06. The number of nitrogens with zero attached hydrogens (tertiary/aromatic N) is 4. The summed E-state index contributed by atoms with van der Waals surface area (Å²) in [7, 11) is 0. The van der Waals surface area contributed by atoms with E-state index in [1.54, 1.807) is 47.5 Å². The topological polar surface area (TPSA) is 134 Å². The number of hydrazine groups is 1. The van der Waals surface area contributed by atoms with Crippen molar-refractivity contribution in [1.82, 2.24) is 25.6 Å². The number of amides is 2. The Morgan fingerprint density at radius 3 is 2.65 bits per heavy atom. The molecule has 1 saturated heterocycles. The number of rotatable bonds is 7.